The summed E-state index contributed by atoms with van der Waals surface area (Å²) in [5.74, 6) is 0. The van der Waals surface area contributed by atoms with E-state index in [0.29, 0.717) is 6.54 Å². The number of benzene rings is 2. The van der Waals surface area contributed by atoms with E-state index in [-0.39, 0.29) is 17.7 Å². The van der Waals surface area contributed by atoms with Gasteiger partial charge < -0.3 is 15.4 Å². The summed E-state index contributed by atoms with van der Waals surface area (Å²) >= 11 is 0. The van der Waals surface area contributed by atoms with Crippen molar-refractivity contribution in [3.63, 3.8) is 0 Å². The van der Waals surface area contributed by atoms with E-state index in [4.69, 9.17) is 4.74 Å². The number of hydrogen-bond donors (Lipinski definition) is 2. The lowest BCUT2D eigenvalue weighted by Gasteiger charge is -2.25. The summed E-state index contributed by atoms with van der Waals surface area (Å²) in [6.07, 6.45) is 4.84. The number of hydrogen-bond acceptors (Lipinski definition) is 4. The first-order valence-electron chi connectivity index (χ1n) is 12.1. The Morgan fingerprint density at radius 2 is 1.83 bits per heavy atom. The summed E-state index contributed by atoms with van der Waals surface area (Å²) in [6.45, 7) is 19.1. The molecule has 0 aromatic heterocycles. The molecule has 0 radical (unpaired) electrons. The highest BCUT2D eigenvalue weighted by molar-refractivity contribution is 7.27. The van der Waals surface area contributed by atoms with Gasteiger partial charge in [0.05, 0.1) is 18.2 Å². The summed E-state index contributed by atoms with van der Waals surface area (Å²) < 4.78 is 4.94. The third-order valence-electron chi connectivity index (χ3n) is 5.67. The number of nitrogens with one attached hydrogen (secondary N) is 2. The van der Waals surface area contributed by atoms with Crippen LogP contribution < -0.4 is 15.9 Å². The van der Waals surface area contributed by atoms with Crippen LogP contribution in [0.4, 0.5) is 0 Å². The van der Waals surface area contributed by atoms with Gasteiger partial charge in [-0.3, -0.25) is 4.99 Å². The minimum absolute atomic E-state index is 0.0417. The highest BCUT2D eigenvalue weighted by atomic mass is 31.0. The predicted octanol–water partition coefficient (Wildman–Crippen LogP) is 5.82. The van der Waals surface area contributed by atoms with Crippen molar-refractivity contribution in [2.45, 2.75) is 58.7 Å². The molecular weight excluding hydrogens is 449 g/mol. The van der Waals surface area contributed by atoms with E-state index in [2.05, 4.69) is 99.6 Å². The normalized spacial score (nSPS) is 14.7. The lowest BCUT2D eigenvalue weighted by Crippen LogP contribution is -2.41. The van der Waals surface area contributed by atoms with Crippen LogP contribution in [0.25, 0.3) is 11.1 Å². The molecule has 0 spiro atoms. The molecule has 0 fully saturated rings. The maximum atomic E-state index is 4.94. The lowest BCUT2D eigenvalue weighted by atomic mass is 9.99. The molecular formula is C30H42N3OP. The van der Waals surface area contributed by atoms with E-state index < -0.39 is 0 Å². The van der Waals surface area contributed by atoms with Gasteiger partial charge in [0.25, 0.3) is 0 Å². The molecule has 2 aromatic carbocycles. The minimum Gasteiger partial charge on any atom is -0.379 e. The number of aliphatic imine (C=N–C) groups is 1. The van der Waals surface area contributed by atoms with Crippen molar-refractivity contribution in [2.24, 2.45) is 4.99 Å². The maximum Gasteiger partial charge on any atom is 0.0793 e. The van der Waals surface area contributed by atoms with Gasteiger partial charge in [-0.05, 0) is 75.2 Å². The van der Waals surface area contributed by atoms with Crippen LogP contribution >= 0.6 is 9.24 Å². The second-order valence-corrected chi connectivity index (χ2v) is 10.5. The number of nitrogens with zero attached hydrogens (tertiary/aromatic N) is 1. The molecule has 1 aliphatic rings. The van der Waals surface area contributed by atoms with Gasteiger partial charge in [0.1, 0.15) is 0 Å². The van der Waals surface area contributed by atoms with Crippen molar-refractivity contribution < 1.29 is 4.74 Å². The van der Waals surface area contributed by atoms with Crippen LogP contribution in [-0.4, -0.2) is 37.1 Å². The Kier molecular flexibility index (Phi) is 11.1. The summed E-state index contributed by atoms with van der Waals surface area (Å²) in [4.78, 5) is 4.42. The first kappa shape index (κ1) is 28.7. The van der Waals surface area contributed by atoms with Crippen LogP contribution in [-0.2, 0) is 11.2 Å². The summed E-state index contributed by atoms with van der Waals surface area (Å²) in [6, 6.07) is 17.6. The Bertz CT molecular complexity index is 1050. The molecule has 0 aliphatic carbocycles. The largest absolute Gasteiger partial charge is 0.379 e. The second-order valence-electron chi connectivity index (χ2n) is 9.86. The fraction of sp³-hybridized carbons (Fsp3) is 0.367. The molecule has 35 heavy (non-hydrogen) atoms. The second kappa shape index (κ2) is 13.5. The van der Waals surface area contributed by atoms with Gasteiger partial charge in [0.2, 0.25) is 0 Å². The summed E-state index contributed by atoms with van der Waals surface area (Å²) in [7, 11) is 4.46. The summed E-state index contributed by atoms with van der Waals surface area (Å²) in [5, 5.41) is 8.25. The van der Waals surface area contributed by atoms with Gasteiger partial charge in [0, 0.05) is 30.3 Å². The highest BCUT2D eigenvalue weighted by Gasteiger charge is 2.17. The molecule has 1 heterocycles. The number of methoxy groups -OCH3 is 1. The monoisotopic (exact) mass is 491 g/mol. The molecule has 2 N–H and O–H groups in total. The third kappa shape index (κ3) is 10.3. The van der Waals surface area contributed by atoms with Crippen LogP contribution in [0.1, 0.15) is 40.2 Å². The van der Waals surface area contributed by atoms with Crippen molar-refractivity contribution in [3.8, 4) is 11.1 Å². The average molecular weight is 492 g/mol. The van der Waals surface area contributed by atoms with Crippen molar-refractivity contribution >= 4 is 20.3 Å². The Morgan fingerprint density at radius 3 is 2.34 bits per heavy atom. The number of rotatable bonds is 9. The number of ether oxygens (including phenoxy) is 1. The quantitative estimate of drug-likeness (QED) is 0.343. The molecule has 188 valence electrons. The van der Waals surface area contributed by atoms with Crippen LogP contribution in [0.3, 0.4) is 0 Å². The smallest absolute Gasteiger partial charge is 0.0793 e. The minimum atomic E-state index is 0.0417. The number of allylic oxidation sites excluding steroid dienone is 1. The molecule has 0 saturated carbocycles. The topological polar surface area (TPSA) is 45.7 Å². The fourth-order valence-corrected chi connectivity index (χ4v) is 3.67. The van der Waals surface area contributed by atoms with Gasteiger partial charge in [0.15, 0.2) is 0 Å². The van der Waals surface area contributed by atoms with Gasteiger partial charge >= 0.3 is 0 Å². The molecule has 2 unspecified atom stereocenters. The van der Waals surface area contributed by atoms with Gasteiger partial charge in [-0.25, -0.2) is 0 Å². The first-order chi connectivity index (χ1) is 16.5. The van der Waals surface area contributed by atoms with E-state index in [1.165, 1.54) is 22.0 Å². The molecule has 3 rings (SSSR count). The van der Waals surface area contributed by atoms with Crippen molar-refractivity contribution in [2.75, 3.05) is 13.7 Å². The standard InChI is InChI=1S/C25H30N3P.C5H12O/c1-5-17(2)27-25(19(4)28-23-13-18(3)26-16-23)14-20-9-11-21(12-10-20)22-7-6-8-24(29)15-22;1-5(2,3)6-4/h5-13,15,17,25,27-28H,1,4,14,16,29H2,2-3H3;1-4H3/t17-,25?;/m0./s1. The molecule has 2 aromatic rings. The lowest BCUT2D eigenvalue weighted by molar-refractivity contribution is 0.0397. The van der Waals surface area contributed by atoms with Gasteiger partial charge in [-0.15, -0.1) is 15.8 Å². The van der Waals surface area contributed by atoms with Crippen molar-refractivity contribution in [3.05, 3.63) is 90.8 Å². The maximum absolute atomic E-state index is 4.94. The molecule has 0 bridgehead atoms. The Hall–Kier alpha value is -2.52. The zero-order valence-electron chi connectivity index (χ0n) is 22.2. The average Bonchev–Trinajstić information content (AvgIpc) is 3.23. The van der Waals surface area contributed by atoms with E-state index in [1.54, 1.807) is 7.11 Å². The molecule has 0 amide bonds. The van der Waals surface area contributed by atoms with Crippen LogP contribution in [0.2, 0.25) is 0 Å². The zero-order valence-corrected chi connectivity index (χ0v) is 23.3. The van der Waals surface area contributed by atoms with E-state index in [1.807, 2.05) is 33.8 Å². The predicted molar refractivity (Wildman–Crippen MR) is 157 cm³/mol. The van der Waals surface area contributed by atoms with E-state index in [0.717, 1.165) is 23.5 Å². The Balaban J connectivity index is 0.000000641. The first-order valence-corrected chi connectivity index (χ1v) is 12.6. The molecule has 3 atom stereocenters. The fourth-order valence-electron chi connectivity index (χ4n) is 3.38. The third-order valence-corrected chi connectivity index (χ3v) is 6.03. The van der Waals surface area contributed by atoms with Crippen LogP contribution in [0.15, 0.2) is 90.2 Å². The van der Waals surface area contributed by atoms with Crippen LogP contribution in [0, 0.1) is 0 Å². The summed E-state index contributed by atoms with van der Waals surface area (Å²) in [5.41, 5.74) is 6.86. The van der Waals surface area contributed by atoms with Crippen molar-refractivity contribution in [1.29, 1.82) is 0 Å². The molecule has 5 heteroatoms. The van der Waals surface area contributed by atoms with Gasteiger partial charge in [-0.1, -0.05) is 55.1 Å². The van der Waals surface area contributed by atoms with Gasteiger partial charge in [-0.2, -0.15) is 0 Å². The Labute approximate surface area is 214 Å². The molecule has 1 aliphatic heterocycles. The van der Waals surface area contributed by atoms with Crippen LogP contribution in [0.5, 0.6) is 0 Å². The van der Waals surface area contributed by atoms with Crippen molar-refractivity contribution in [1.82, 2.24) is 10.6 Å². The Morgan fingerprint density at radius 1 is 1.17 bits per heavy atom. The zero-order chi connectivity index (χ0) is 26.0. The highest BCUT2D eigenvalue weighted by Crippen LogP contribution is 2.21. The SMILES string of the molecule is C=C[C@H](C)NC(Cc1ccc(-c2cccc(P)c2)cc1)C(=C)NC1=CC(C)=NC1.COC(C)(C)C. The molecule has 0 saturated heterocycles. The van der Waals surface area contributed by atoms with E-state index in [9.17, 15) is 0 Å². The molecule has 4 nitrogen and oxygen atoms in total. The van der Waals surface area contributed by atoms with E-state index >= 15 is 0 Å².